The first-order valence-corrected chi connectivity index (χ1v) is 11.2. The number of aryl methyl sites for hydroxylation is 1. The molecular weight excluding hydrogens is 386 g/mol. The molecule has 156 valence electrons. The third kappa shape index (κ3) is 4.89. The summed E-state index contributed by atoms with van der Waals surface area (Å²) in [6.07, 6.45) is 9.61. The summed E-state index contributed by atoms with van der Waals surface area (Å²) in [7, 11) is 1.96. The van der Waals surface area contributed by atoms with Crippen molar-refractivity contribution in [2.75, 3.05) is 13.6 Å². The van der Waals surface area contributed by atoms with Crippen LogP contribution < -0.4 is 4.74 Å². The summed E-state index contributed by atoms with van der Waals surface area (Å²) in [6.45, 7) is 2.77. The van der Waals surface area contributed by atoms with E-state index in [9.17, 15) is 4.79 Å². The van der Waals surface area contributed by atoms with Crippen molar-refractivity contribution in [3.63, 3.8) is 0 Å². The molecular formula is C23H30ClN3O2. The summed E-state index contributed by atoms with van der Waals surface area (Å²) in [5, 5.41) is 0.639. The SMILES string of the molecule is C[C@H]1C(C=O)N(C)C[C@@H]1Oc1nc2cc(Cl)ccc2nc1CCCCCC1CC1. The standard InChI is InChI=1S/C23H30ClN3O2/c1-15-21(14-28)27(2)13-22(15)29-23-19(7-5-3-4-6-16-8-9-16)25-18-11-10-17(24)12-20(18)26-23/h10-12,14-16,21-22H,3-9,13H2,1-2H3/t15-,21?,22-/m0/s1. The molecule has 5 nitrogen and oxygen atoms in total. The monoisotopic (exact) mass is 415 g/mol. The van der Waals surface area contributed by atoms with Gasteiger partial charge < -0.3 is 9.53 Å². The number of halogens is 1. The van der Waals surface area contributed by atoms with E-state index in [0.29, 0.717) is 17.4 Å². The summed E-state index contributed by atoms with van der Waals surface area (Å²) < 4.78 is 6.36. The molecule has 0 spiro atoms. The second kappa shape index (κ2) is 8.97. The molecule has 2 fully saturated rings. The van der Waals surface area contributed by atoms with Crippen LogP contribution in [0.2, 0.25) is 5.02 Å². The van der Waals surface area contributed by atoms with Gasteiger partial charge in [0.25, 0.3) is 0 Å². The van der Waals surface area contributed by atoms with Crippen LogP contribution in [0.3, 0.4) is 0 Å². The number of aromatic nitrogens is 2. The van der Waals surface area contributed by atoms with Crippen molar-refractivity contribution in [3.05, 3.63) is 28.9 Å². The Morgan fingerprint density at radius 1 is 1.21 bits per heavy atom. The number of nitrogens with zero attached hydrogens (tertiary/aromatic N) is 3. The molecule has 29 heavy (non-hydrogen) atoms. The first-order chi connectivity index (χ1) is 14.0. The highest BCUT2D eigenvalue weighted by Crippen LogP contribution is 2.34. The molecule has 1 saturated heterocycles. The van der Waals surface area contributed by atoms with Gasteiger partial charge in [-0.15, -0.1) is 0 Å². The molecule has 2 aliphatic rings. The van der Waals surface area contributed by atoms with Crippen molar-refractivity contribution in [2.24, 2.45) is 11.8 Å². The van der Waals surface area contributed by atoms with Gasteiger partial charge in [0.15, 0.2) is 0 Å². The molecule has 0 amide bonds. The van der Waals surface area contributed by atoms with E-state index in [4.69, 9.17) is 26.3 Å². The van der Waals surface area contributed by atoms with Crippen LogP contribution in [0.25, 0.3) is 11.0 Å². The Hall–Kier alpha value is -1.72. The lowest BCUT2D eigenvalue weighted by molar-refractivity contribution is -0.112. The maximum absolute atomic E-state index is 11.4. The summed E-state index contributed by atoms with van der Waals surface area (Å²) in [5.74, 6) is 1.70. The highest BCUT2D eigenvalue weighted by molar-refractivity contribution is 6.31. The maximum atomic E-state index is 11.4. The lowest BCUT2D eigenvalue weighted by Gasteiger charge is -2.19. The Morgan fingerprint density at radius 2 is 2.03 bits per heavy atom. The minimum Gasteiger partial charge on any atom is -0.471 e. The number of fused-ring (bicyclic) bond motifs is 1. The zero-order chi connectivity index (χ0) is 20.4. The minimum absolute atomic E-state index is 0.0743. The Kier molecular flexibility index (Phi) is 6.35. The molecule has 1 unspecified atom stereocenters. The number of carbonyl (C=O) groups is 1. The molecule has 1 aromatic carbocycles. The number of carbonyl (C=O) groups excluding carboxylic acids is 1. The van der Waals surface area contributed by atoms with Crippen molar-refractivity contribution < 1.29 is 9.53 Å². The van der Waals surface area contributed by atoms with E-state index < -0.39 is 0 Å². The van der Waals surface area contributed by atoms with E-state index in [1.54, 1.807) is 0 Å². The Labute approximate surface area is 177 Å². The van der Waals surface area contributed by atoms with Gasteiger partial charge in [-0.2, -0.15) is 0 Å². The van der Waals surface area contributed by atoms with Gasteiger partial charge >= 0.3 is 0 Å². The molecule has 1 aliphatic carbocycles. The fourth-order valence-electron chi connectivity index (χ4n) is 4.32. The lowest BCUT2D eigenvalue weighted by Crippen LogP contribution is -2.30. The first-order valence-electron chi connectivity index (χ1n) is 10.8. The number of aldehydes is 1. The predicted octanol–water partition coefficient (Wildman–Crippen LogP) is 4.69. The molecule has 2 heterocycles. The third-order valence-electron chi connectivity index (χ3n) is 6.39. The quantitative estimate of drug-likeness (QED) is 0.439. The number of rotatable bonds is 9. The first kappa shape index (κ1) is 20.5. The molecule has 4 rings (SSSR count). The molecule has 0 bridgehead atoms. The van der Waals surface area contributed by atoms with Crippen molar-refractivity contribution in [2.45, 2.75) is 64.0 Å². The number of hydrogen-bond donors (Lipinski definition) is 0. The van der Waals surface area contributed by atoms with Crippen LogP contribution in [-0.4, -0.2) is 46.9 Å². The number of likely N-dealkylation sites (tertiary alicyclic amines) is 1. The number of hydrogen-bond acceptors (Lipinski definition) is 5. The van der Waals surface area contributed by atoms with Gasteiger partial charge in [0, 0.05) is 17.5 Å². The lowest BCUT2D eigenvalue weighted by atomic mass is 10.0. The van der Waals surface area contributed by atoms with Crippen LogP contribution in [0, 0.1) is 11.8 Å². The topological polar surface area (TPSA) is 55.3 Å². The highest BCUT2D eigenvalue weighted by atomic mass is 35.5. The van der Waals surface area contributed by atoms with Gasteiger partial charge in [0.1, 0.15) is 18.1 Å². The molecule has 0 radical (unpaired) electrons. The number of likely N-dealkylation sites (N-methyl/N-ethyl adjacent to an activating group) is 1. The van der Waals surface area contributed by atoms with E-state index in [0.717, 1.165) is 41.8 Å². The summed E-state index contributed by atoms with van der Waals surface area (Å²) >= 11 is 6.16. The Morgan fingerprint density at radius 3 is 2.76 bits per heavy atom. The van der Waals surface area contributed by atoms with Crippen LogP contribution in [-0.2, 0) is 11.2 Å². The zero-order valence-corrected chi connectivity index (χ0v) is 18.1. The van der Waals surface area contributed by atoms with Crippen molar-refractivity contribution in [1.82, 2.24) is 14.9 Å². The van der Waals surface area contributed by atoms with Crippen LogP contribution in [0.5, 0.6) is 5.88 Å². The minimum atomic E-state index is -0.117. The van der Waals surface area contributed by atoms with E-state index in [-0.39, 0.29) is 18.1 Å². The fraction of sp³-hybridized carbons (Fsp3) is 0.609. The highest BCUT2D eigenvalue weighted by Gasteiger charge is 2.38. The summed E-state index contributed by atoms with van der Waals surface area (Å²) in [5.41, 5.74) is 2.50. The Balaban J connectivity index is 1.51. The van der Waals surface area contributed by atoms with Crippen molar-refractivity contribution >= 4 is 28.9 Å². The van der Waals surface area contributed by atoms with E-state index in [1.807, 2.05) is 30.1 Å². The predicted molar refractivity (Wildman–Crippen MR) is 116 cm³/mol. The molecule has 0 N–H and O–H groups in total. The number of unbranched alkanes of at least 4 members (excludes halogenated alkanes) is 2. The molecule has 6 heteroatoms. The van der Waals surface area contributed by atoms with Gasteiger partial charge in [-0.3, -0.25) is 4.90 Å². The number of ether oxygens (including phenoxy) is 1. The van der Waals surface area contributed by atoms with Gasteiger partial charge in [0.2, 0.25) is 5.88 Å². The molecule has 1 aliphatic heterocycles. The fourth-order valence-corrected chi connectivity index (χ4v) is 4.49. The third-order valence-corrected chi connectivity index (χ3v) is 6.62. The summed E-state index contributed by atoms with van der Waals surface area (Å²) in [4.78, 5) is 23.1. The normalized spacial score (nSPS) is 24.9. The molecule has 1 aromatic heterocycles. The summed E-state index contributed by atoms with van der Waals surface area (Å²) in [6, 6.07) is 5.48. The average molecular weight is 416 g/mol. The van der Waals surface area contributed by atoms with Crippen LogP contribution >= 0.6 is 11.6 Å². The van der Waals surface area contributed by atoms with E-state index in [1.165, 1.54) is 32.1 Å². The van der Waals surface area contributed by atoms with Crippen molar-refractivity contribution in [3.8, 4) is 5.88 Å². The van der Waals surface area contributed by atoms with E-state index in [2.05, 4.69) is 6.92 Å². The molecule has 2 aromatic rings. The largest absolute Gasteiger partial charge is 0.471 e. The van der Waals surface area contributed by atoms with Crippen LogP contribution in [0.1, 0.15) is 51.1 Å². The van der Waals surface area contributed by atoms with Crippen LogP contribution in [0.4, 0.5) is 0 Å². The zero-order valence-electron chi connectivity index (χ0n) is 17.3. The second-order valence-electron chi connectivity index (χ2n) is 8.73. The van der Waals surface area contributed by atoms with E-state index >= 15 is 0 Å². The van der Waals surface area contributed by atoms with Gasteiger partial charge in [-0.1, -0.05) is 50.6 Å². The van der Waals surface area contributed by atoms with Gasteiger partial charge in [-0.05, 0) is 44.0 Å². The average Bonchev–Trinajstić information content (AvgIpc) is 3.47. The van der Waals surface area contributed by atoms with Gasteiger partial charge in [-0.25, -0.2) is 9.97 Å². The number of benzene rings is 1. The second-order valence-corrected chi connectivity index (χ2v) is 9.17. The molecule has 1 saturated carbocycles. The molecule has 3 atom stereocenters. The van der Waals surface area contributed by atoms with Gasteiger partial charge in [0.05, 0.1) is 17.1 Å². The van der Waals surface area contributed by atoms with Crippen molar-refractivity contribution in [1.29, 1.82) is 0 Å². The maximum Gasteiger partial charge on any atom is 0.236 e. The van der Waals surface area contributed by atoms with Crippen LogP contribution in [0.15, 0.2) is 18.2 Å². The smallest absolute Gasteiger partial charge is 0.236 e. The Bertz CT molecular complexity index is 871.